The SMILES string of the molecule is CCN(CC)CCNCc1cccc(OC)c1OCc1ccccc1.Cl.Cl. The molecule has 0 heterocycles. The average molecular weight is 415 g/mol. The van der Waals surface area contributed by atoms with Crippen LogP contribution in [-0.4, -0.2) is 38.2 Å². The van der Waals surface area contributed by atoms with Gasteiger partial charge in [0.25, 0.3) is 0 Å². The third-order valence-corrected chi connectivity index (χ3v) is 4.32. The molecule has 6 heteroatoms. The van der Waals surface area contributed by atoms with E-state index in [1.165, 1.54) is 0 Å². The molecule has 2 aromatic rings. The van der Waals surface area contributed by atoms with Crippen molar-refractivity contribution in [1.82, 2.24) is 10.2 Å². The topological polar surface area (TPSA) is 33.7 Å². The number of nitrogens with zero attached hydrogens (tertiary/aromatic N) is 1. The molecule has 0 aliphatic rings. The fraction of sp³-hybridized carbons (Fsp3) is 0.429. The van der Waals surface area contributed by atoms with Crippen molar-refractivity contribution in [3.8, 4) is 11.5 Å². The minimum atomic E-state index is 0. The van der Waals surface area contributed by atoms with Crippen LogP contribution in [0.3, 0.4) is 0 Å². The monoisotopic (exact) mass is 414 g/mol. The van der Waals surface area contributed by atoms with E-state index in [1.54, 1.807) is 7.11 Å². The zero-order chi connectivity index (χ0) is 17.9. The summed E-state index contributed by atoms with van der Waals surface area (Å²) in [5.74, 6) is 1.60. The van der Waals surface area contributed by atoms with Crippen molar-refractivity contribution in [3.63, 3.8) is 0 Å². The molecule has 152 valence electrons. The molecule has 0 spiro atoms. The van der Waals surface area contributed by atoms with Crippen molar-refractivity contribution < 1.29 is 9.47 Å². The first kappa shape index (κ1) is 25.5. The van der Waals surface area contributed by atoms with Crippen molar-refractivity contribution in [2.75, 3.05) is 33.3 Å². The Morgan fingerprint density at radius 3 is 2.26 bits per heavy atom. The number of para-hydroxylation sites is 1. The first-order valence-corrected chi connectivity index (χ1v) is 9.04. The second-order valence-electron chi connectivity index (χ2n) is 5.93. The maximum absolute atomic E-state index is 6.09. The predicted octanol–water partition coefficient (Wildman–Crippen LogP) is 4.55. The maximum Gasteiger partial charge on any atom is 0.166 e. The van der Waals surface area contributed by atoms with Crippen LogP contribution < -0.4 is 14.8 Å². The largest absolute Gasteiger partial charge is 0.493 e. The van der Waals surface area contributed by atoms with Crippen LogP contribution in [0.25, 0.3) is 0 Å². The lowest BCUT2D eigenvalue weighted by atomic mass is 10.1. The lowest BCUT2D eigenvalue weighted by Crippen LogP contribution is -2.31. The third-order valence-electron chi connectivity index (χ3n) is 4.32. The molecule has 0 atom stereocenters. The van der Waals surface area contributed by atoms with Gasteiger partial charge in [0.1, 0.15) is 6.61 Å². The molecule has 0 saturated heterocycles. The van der Waals surface area contributed by atoms with Crippen LogP contribution in [0.5, 0.6) is 11.5 Å². The van der Waals surface area contributed by atoms with Gasteiger partial charge in [-0.2, -0.15) is 0 Å². The van der Waals surface area contributed by atoms with E-state index < -0.39 is 0 Å². The van der Waals surface area contributed by atoms with E-state index in [0.29, 0.717) is 6.61 Å². The molecule has 0 radical (unpaired) electrons. The molecule has 2 aromatic carbocycles. The molecule has 0 aliphatic heterocycles. The molecule has 4 nitrogen and oxygen atoms in total. The van der Waals surface area contributed by atoms with Crippen molar-refractivity contribution in [1.29, 1.82) is 0 Å². The zero-order valence-corrected chi connectivity index (χ0v) is 18.1. The molecule has 2 rings (SSSR count). The molecule has 0 aliphatic carbocycles. The Bertz CT molecular complexity index is 623. The summed E-state index contributed by atoms with van der Waals surface area (Å²) in [4.78, 5) is 2.41. The fourth-order valence-corrected chi connectivity index (χ4v) is 2.75. The number of methoxy groups -OCH3 is 1. The quantitative estimate of drug-likeness (QED) is 0.546. The van der Waals surface area contributed by atoms with Gasteiger partial charge in [0, 0.05) is 25.2 Å². The normalized spacial score (nSPS) is 10.1. The van der Waals surface area contributed by atoms with Crippen LogP contribution >= 0.6 is 24.8 Å². The van der Waals surface area contributed by atoms with E-state index in [9.17, 15) is 0 Å². The zero-order valence-electron chi connectivity index (χ0n) is 16.4. The van der Waals surface area contributed by atoms with Crippen molar-refractivity contribution >= 4 is 24.8 Å². The minimum Gasteiger partial charge on any atom is -0.493 e. The molecule has 0 bridgehead atoms. The highest BCUT2D eigenvalue weighted by Crippen LogP contribution is 2.31. The van der Waals surface area contributed by atoms with E-state index in [4.69, 9.17) is 9.47 Å². The van der Waals surface area contributed by atoms with Crippen molar-refractivity contribution in [2.24, 2.45) is 0 Å². The summed E-state index contributed by atoms with van der Waals surface area (Å²) < 4.78 is 11.6. The van der Waals surface area contributed by atoms with Gasteiger partial charge in [-0.25, -0.2) is 0 Å². The predicted molar refractivity (Wildman–Crippen MR) is 118 cm³/mol. The van der Waals surface area contributed by atoms with Crippen molar-refractivity contribution in [3.05, 3.63) is 59.7 Å². The molecular formula is C21H32Cl2N2O2. The summed E-state index contributed by atoms with van der Waals surface area (Å²) in [7, 11) is 1.68. The van der Waals surface area contributed by atoms with Crippen LogP contribution in [-0.2, 0) is 13.2 Å². The number of benzene rings is 2. The van der Waals surface area contributed by atoms with E-state index in [1.807, 2.05) is 30.3 Å². The highest BCUT2D eigenvalue weighted by atomic mass is 35.5. The van der Waals surface area contributed by atoms with Gasteiger partial charge in [-0.3, -0.25) is 0 Å². The molecule has 27 heavy (non-hydrogen) atoms. The fourth-order valence-electron chi connectivity index (χ4n) is 2.75. The summed E-state index contributed by atoms with van der Waals surface area (Å²) in [5, 5.41) is 3.51. The number of likely N-dealkylation sites (N-methyl/N-ethyl adjacent to an activating group) is 1. The Balaban J connectivity index is 0.00000338. The number of ether oxygens (including phenoxy) is 2. The molecule has 0 fully saturated rings. The van der Waals surface area contributed by atoms with Gasteiger partial charge in [0.2, 0.25) is 0 Å². The summed E-state index contributed by atoms with van der Waals surface area (Å²) in [6.07, 6.45) is 0. The molecule has 1 N–H and O–H groups in total. The molecule has 0 saturated carbocycles. The molecular weight excluding hydrogens is 383 g/mol. The average Bonchev–Trinajstić information content (AvgIpc) is 2.67. The number of halogens is 2. The number of rotatable bonds is 11. The van der Waals surface area contributed by atoms with Gasteiger partial charge in [-0.1, -0.05) is 56.3 Å². The highest BCUT2D eigenvalue weighted by molar-refractivity contribution is 5.85. The van der Waals surface area contributed by atoms with Crippen LogP contribution in [0.1, 0.15) is 25.0 Å². The molecule has 0 amide bonds. The minimum absolute atomic E-state index is 0. The second kappa shape index (κ2) is 14.6. The third kappa shape index (κ3) is 8.39. The lowest BCUT2D eigenvalue weighted by Gasteiger charge is -2.19. The van der Waals surface area contributed by atoms with Gasteiger partial charge in [-0.05, 0) is 24.7 Å². The van der Waals surface area contributed by atoms with Gasteiger partial charge >= 0.3 is 0 Å². The number of hydrogen-bond acceptors (Lipinski definition) is 4. The van der Waals surface area contributed by atoms with E-state index in [-0.39, 0.29) is 24.8 Å². The molecule has 0 unspecified atom stereocenters. The Morgan fingerprint density at radius 1 is 0.926 bits per heavy atom. The Hall–Kier alpha value is -1.46. The second-order valence-corrected chi connectivity index (χ2v) is 5.93. The first-order valence-electron chi connectivity index (χ1n) is 9.04. The lowest BCUT2D eigenvalue weighted by molar-refractivity contribution is 0.279. The standard InChI is InChI=1S/C21H30N2O2.2ClH/c1-4-23(5-2)15-14-22-16-19-12-9-13-20(24-3)21(19)25-17-18-10-7-6-8-11-18;;/h6-13,22H,4-5,14-17H2,1-3H3;2*1H. The van der Waals surface area contributed by atoms with Gasteiger partial charge in [0.05, 0.1) is 7.11 Å². The van der Waals surface area contributed by atoms with Crippen molar-refractivity contribution in [2.45, 2.75) is 27.0 Å². The van der Waals surface area contributed by atoms with Crippen LogP contribution in [0.2, 0.25) is 0 Å². The Morgan fingerprint density at radius 2 is 1.63 bits per heavy atom. The maximum atomic E-state index is 6.09. The summed E-state index contributed by atoms with van der Waals surface area (Å²) in [6.45, 7) is 9.87. The highest BCUT2D eigenvalue weighted by Gasteiger charge is 2.11. The van der Waals surface area contributed by atoms with Crippen LogP contribution in [0.15, 0.2) is 48.5 Å². The Labute approximate surface area is 176 Å². The van der Waals surface area contributed by atoms with E-state index in [0.717, 1.165) is 55.3 Å². The number of nitrogens with one attached hydrogen (secondary N) is 1. The van der Waals surface area contributed by atoms with Gasteiger partial charge in [0.15, 0.2) is 11.5 Å². The first-order chi connectivity index (χ1) is 12.3. The molecule has 0 aromatic heterocycles. The van der Waals surface area contributed by atoms with Gasteiger partial charge < -0.3 is 19.7 Å². The van der Waals surface area contributed by atoms with E-state index in [2.05, 4.69) is 42.3 Å². The van der Waals surface area contributed by atoms with Gasteiger partial charge in [-0.15, -0.1) is 24.8 Å². The summed E-state index contributed by atoms with van der Waals surface area (Å²) >= 11 is 0. The van der Waals surface area contributed by atoms with E-state index >= 15 is 0 Å². The number of hydrogen-bond donors (Lipinski definition) is 1. The smallest absolute Gasteiger partial charge is 0.166 e. The van der Waals surface area contributed by atoms with Crippen LogP contribution in [0.4, 0.5) is 0 Å². The Kier molecular flexibility index (Phi) is 13.8. The summed E-state index contributed by atoms with van der Waals surface area (Å²) in [5.41, 5.74) is 2.27. The summed E-state index contributed by atoms with van der Waals surface area (Å²) in [6, 6.07) is 16.2. The van der Waals surface area contributed by atoms with Crippen LogP contribution in [0, 0.1) is 0 Å².